The van der Waals surface area contributed by atoms with Crippen molar-refractivity contribution in [3.05, 3.63) is 54.1 Å². The lowest BCUT2D eigenvalue weighted by Gasteiger charge is -2.18. The van der Waals surface area contributed by atoms with E-state index in [1.165, 1.54) is 30.2 Å². The van der Waals surface area contributed by atoms with Gasteiger partial charge in [0, 0.05) is 24.4 Å². The number of H-pyrrole nitrogens is 1. The topological polar surface area (TPSA) is 58.2 Å². The number of aromatic amines is 1. The van der Waals surface area contributed by atoms with E-state index in [9.17, 15) is 9.18 Å². The zero-order valence-electron chi connectivity index (χ0n) is 12.1. The first-order chi connectivity index (χ1) is 10.6. The summed E-state index contributed by atoms with van der Waals surface area (Å²) in [5, 5.41) is 0. The highest BCUT2D eigenvalue weighted by Gasteiger charge is 2.16. The number of carbonyl (C=O) groups is 1. The Bertz CT molecular complexity index is 844. The van der Waals surface area contributed by atoms with E-state index in [1.807, 2.05) is 0 Å². The van der Waals surface area contributed by atoms with E-state index in [0.717, 1.165) is 11.0 Å². The quantitative estimate of drug-likeness (QED) is 0.809. The second-order valence-corrected chi connectivity index (χ2v) is 4.82. The standard InChI is InChI=1S/C16H14FN3O2/c1-20(11-4-5-12(17)15(8-11)22-2)16(21)10-3-6-13-14(7-10)19-9-18-13/h3-9H,1-2H3,(H,18,19). The van der Waals surface area contributed by atoms with Crippen molar-refractivity contribution in [3.63, 3.8) is 0 Å². The first-order valence-corrected chi connectivity index (χ1v) is 6.65. The summed E-state index contributed by atoms with van der Waals surface area (Å²) < 4.78 is 18.4. The van der Waals surface area contributed by atoms with Crippen molar-refractivity contribution in [2.45, 2.75) is 0 Å². The van der Waals surface area contributed by atoms with Gasteiger partial charge in [-0.15, -0.1) is 0 Å². The molecule has 0 bridgehead atoms. The molecular weight excluding hydrogens is 285 g/mol. The van der Waals surface area contributed by atoms with Crippen molar-refractivity contribution in [2.75, 3.05) is 19.1 Å². The summed E-state index contributed by atoms with van der Waals surface area (Å²) in [6.45, 7) is 0. The fourth-order valence-corrected chi connectivity index (χ4v) is 2.24. The molecule has 0 atom stereocenters. The number of nitrogens with one attached hydrogen (secondary N) is 1. The number of aromatic nitrogens is 2. The Balaban J connectivity index is 1.93. The molecule has 0 aliphatic rings. The molecule has 2 aromatic carbocycles. The van der Waals surface area contributed by atoms with Gasteiger partial charge in [0.1, 0.15) is 0 Å². The van der Waals surface area contributed by atoms with Crippen molar-refractivity contribution in [1.29, 1.82) is 0 Å². The minimum absolute atomic E-state index is 0.0983. The summed E-state index contributed by atoms with van der Waals surface area (Å²) >= 11 is 0. The van der Waals surface area contributed by atoms with E-state index in [1.54, 1.807) is 31.6 Å². The Labute approximate surface area is 126 Å². The average Bonchev–Trinajstić information content (AvgIpc) is 3.01. The van der Waals surface area contributed by atoms with E-state index in [0.29, 0.717) is 11.3 Å². The van der Waals surface area contributed by atoms with Crippen LogP contribution in [0.5, 0.6) is 5.75 Å². The lowest BCUT2D eigenvalue weighted by Crippen LogP contribution is -2.26. The van der Waals surface area contributed by atoms with Crippen LogP contribution in [0, 0.1) is 5.82 Å². The number of amides is 1. The number of hydrogen-bond donors (Lipinski definition) is 1. The zero-order valence-corrected chi connectivity index (χ0v) is 12.1. The second-order valence-electron chi connectivity index (χ2n) is 4.82. The molecule has 5 nitrogen and oxygen atoms in total. The molecule has 1 amide bonds. The summed E-state index contributed by atoms with van der Waals surface area (Å²) in [5.74, 6) is -0.572. The Kier molecular flexibility index (Phi) is 3.50. The summed E-state index contributed by atoms with van der Waals surface area (Å²) in [6, 6.07) is 9.52. The molecular formula is C16H14FN3O2. The third-order valence-corrected chi connectivity index (χ3v) is 3.49. The van der Waals surface area contributed by atoms with Crippen LogP contribution in [-0.2, 0) is 0 Å². The number of halogens is 1. The normalized spacial score (nSPS) is 10.7. The van der Waals surface area contributed by atoms with Crippen LogP contribution in [0.1, 0.15) is 10.4 Å². The molecule has 1 N–H and O–H groups in total. The molecule has 1 heterocycles. The number of rotatable bonds is 3. The fourth-order valence-electron chi connectivity index (χ4n) is 2.24. The molecule has 0 unspecified atom stereocenters. The number of fused-ring (bicyclic) bond motifs is 1. The summed E-state index contributed by atoms with van der Waals surface area (Å²) in [4.78, 5) is 21.1. The van der Waals surface area contributed by atoms with Gasteiger partial charge < -0.3 is 14.6 Å². The molecule has 22 heavy (non-hydrogen) atoms. The number of ether oxygens (including phenoxy) is 1. The Morgan fingerprint density at radius 3 is 2.86 bits per heavy atom. The molecule has 0 saturated carbocycles. The van der Waals surface area contributed by atoms with Crippen LogP contribution in [0.15, 0.2) is 42.7 Å². The minimum Gasteiger partial charge on any atom is -0.494 e. The van der Waals surface area contributed by atoms with Gasteiger partial charge in [0.25, 0.3) is 5.91 Å². The SMILES string of the molecule is COc1cc(N(C)C(=O)c2ccc3nc[nH]c3c2)ccc1F. The Morgan fingerprint density at radius 1 is 1.27 bits per heavy atom. The molecule has 1 aromatic heterocycles. The van der Waals surface area contributed by atoms with Gasteiger partial charge in [0.2, 0.25) is 0 Å². The molecule has 0 spiro atoms. The third kappa shape index (κ3) is 2.39. The highest BCUT2D eigenvalue weighted by Crippen LogP contribution is 2.25. The lowest BCUT2D eigenvalue weighted by atomic mass is 10.1. The van der Waals surface area contributed by atoms with Gasteiger partial charge in [0.15, 0.2) is 11.6 Å². The van der Waals surface area contributed by atoms with E-state index in [4.69, 9.17) is 4.74 Å². The number of hydrogen-bond acceptors (Lipinski definition) is 3. The van der Waals surface area contributed by atoms with Gasteiger partial charge in [0.05, 0.1) is 24.5 Å². The highest BCUT2D eigenvalue weighted by molar-refractivity contribution is 6.07. The van der Waals surface area contributed by atoms with Crippen LogP contribution in [0.25, 0.3) is 11.0 Å². The highest BCUT2D eigenvalue weighted by atomic mass is 19.1. The first-order valence-electron chi connectivity index (χ1n) is 6.65. The summed E-state index contributed by atoms with van der Waals surface area (Å²) in [6.07, 6.45) is 1.58. The van der Waals surface area contributed by atoms with E-state index < -0.39 is 5.82 Å². The van der Waals surface area contributed by atoms with Crippen LogP contribution in [0.2, 0.25) is 0 Å². The monoisotopic (exact) mass is 299 g/mol. The third-order valence-electron chi connectivity index (χ3n) is 3.49. The van der Waals surface area contributed by atoms with Crippen LogP contribution in [-0.4, -0.2) is 30.0 Å². The maximum Gasteiger partial charge on any atom is 0.258 e. The van der Waals surface area contributed by atoms with E-state index in [2.05, 4.69) is 9.97 Å². The number of carbonyl (C=O) groups excluding carboxylic acids is 1. The number of nitrogens with zero attached hydrogens (tertiary/aromatic N) is 2. The number of imidazole rings is 1. The van der Waals surface area contributed by atoms with Gasteiger partial charge in [-0.1, -0.05) is 0 Å². The maximum atomic E-state index is 13.5. The van der Waals surface area contributed by atoms with Gasteiger partial charge in [-0.25, -0.2) is 9.37 Å². The van der Waals surface area contributed by atoms with Gasteiger partial charge in [-0.05, 0) is 30.3 Å². The molecule has 3 rings (SSSR count). The average molecular weight is 299 g/mol. The predicted molar refractivity (Wildman–Crippen MR) is 81.8 cm³/mol. The van der Waals surface area contributed by atoms with Crippen LogP contribution < -0.4 is 9.64 Å². The van der Waals surface area contributed by atoms with Crippen molar-refractivity contribution in [3.8, 4) is 5.75 Å². The molecule has 0 fully saturated rings. The van der Waals surface area contributed by atoms with Gasteiger partial charge in [-0.2, -0.15) is 0 Å². The van der Waals surface area contributed by atoms with Crippen LogP contribution in [0.4, 0.5) is 10.1 Å². The number of anilines is 1. The van der Waals surface area contributed by atoms with Crippen molar-refractivity contribution in [1.82, 2.24) is 9.97 Å². The Hall–Kier alpha value is -2.89. The Morgan fingerprint density at radius 2 is 2.09 bits per heavy atom. The largest absolute Gasteiger partial charge is 0.494 e. The fraction of sp³-hybridized carbons (Fsp3) is 0.125. The maximum absolute atomic E-state index is 13.5. The van der Waals surface area contributed by atoms with E-state index in [-0.39, 0.29) is 11.7 Å². The van der Waals surface area contributed by atoms with Gasteiger partial charge >= 0.3 is 0 Å². The minimum atomic E-state index is -0.467. The molecule has 0 aliphatic carbocycles. The number of methoxy groups -OCH3 is 1. The van der Waals surface area contributed by atoms with Crippen molar-refractivity contribution < 1.29 is 13.9 Å². The zero-order chi connectivity index (χ0) is 15.7. The smallest absolute Gasteiger partial charge is 0.258 e. The molecule has 0 aliphatic heterocycles. The summed E-state index contributed by atoms with van der Waals surface area (Å²) in [5.41, 5.74) is 2.65. The van der Waals surface area contributed by atoms with Crippen molar-refractivity contribution >= 4 is 22.6 Å². The lowest BCUT2D eigenvalue weighted by molar-refractivity contribution is 0.0993. The molecule has 6 heteroatoms. The van der Waals surface area contributed by atoms with Crippen molar-refractivity contribution in [2.24, 2.45) is 0 Å². The van der Waals surface area contributed by atoms with Crippen LogP contribution >= 0.6 is 0 Å². The van der Waals surface area contributed by atoms with Crippen LogP contribution in [0.3, 0.4) is 0 Å². The first kappa shape index (κ1) is 14.1. The van der Waals surface area contributed by atoms with Gasteiger partial charge in [-0.3, -0.25) is 4.79 Å². The molecule has 112 valence electrons. The number of benzene rings is 2. The van der Waals surface area contributed by atoms with E-state index >= 15 is 0 Å². The molecule has 0 radical (unpaired) electrons. The summed E-state index contributed by atoms with van der Waals surface area (Å²) in [7, 11) is 3.02. The second kappa shape index (κ2) is 5.48. The molecule has 3 aromatic rings. The predicted octanol–water partition coefficient (Wildman–Crippen LogP) is 2.99. The molecule has 0 saturated heterocycles.